The SMILES string of the molecule is Cc1cc(NC(=O)CSc2nnc(-c3ccc(F)cc3)n2C[C@H]2CCCO2)n(-c2ccccc2)n1. The second kappa shape index (κ2) is 10.4. The van der Waals surface area contributed by atoms with Crippen LogP contribution in [0.5, 0.6) is 0 Å². The van der Waals surface area contributed by atoms with E-state index in [9.17, 15) is 9.18 Å². The number of amides is 1. The minimum atomic E-state index is -0.310. The maximum Gasteiger partial charge on any atom is 0.236 e. The number of aryl methyl sites for hydroxylation is 1. The Bertz CT molecular complexity index is 1300. The molecule has 1 fully saturated rings. The molecule has 2 aromatic heterocycles. The molecule has 5 rings (SSSR count). The van der Waals surface area contributed by atoms with Crippen molar-refractivity contribution in [2.45, 2.75) is 37.6 Å². The van der Waals surface area contributed by atoms with E-state index >= 15 is 0 Å². The lowest BCUT2D eigenvalue weighted by atomic mass is 10.2. The van der Waals surface area contributed by atoms with Gasteiger partial charge in [-0.3, -0.25) is 9.36 Å². The van der Waals surface area contributed by atoms with Gasteiger partial charge in [-0.1, -0.05) is 30.0 Å². The summed E-state index contributed by atoms with van der Waals surface area (Å²) in [5.41, 5.74) is 2.43. The Morgan fingerprint density at radius 2 is 1.97 bits per heavy atom. The summed E-state index contributed by atoms with van der Waals surface area (Å²) in [6, 6.07) is 17.6. The van der Waals surface area contributed by atoms with Crippen LogP contribution in [-0.4, -0.2) is 48.9 Å². The highest BCUT2D eigenvalue weighted by Crippen LogP contribution is 2.27. The van der Waals surface area contributed by atoms with Crippen LogP contribution in [0, 0.1) is 12.7 Å². The minimum absolute atomic E-state index is 0.0570. The van der Waals surface area contributed by atoms with E-state index in [0.717, 1.165) is 36.4 Å². The monoisotopic (exact) mass is 492 g/mol. The zero-order chi connectivity index (χ0) is 24.2. The van der Waals surface area contributed by atoms with Crippen molar-refractivity contribution in [2.75, 3.05) is 17.7 Å². The molecular formula is C25H25FN6O2S. The molecule has 0 radical (unpaired) electrons. The fraction of sp³-hybridized carbons (Fsp3) is 0.280. The van der Waals surface area contributed by atoms with Crippen LogP contribution in [0.4, 0.5) is 10.2 Å². The molecule has 0 spiro atoms. The summed E-state index contributed by atoms with van der Waals surface area (Å²) in [5.74, 6) is 0.886. The molecule has 0 saturated carbocycles. The number of nitrogens with one attached hydrogen (secondary N) is 1. The van der Waals surface area contributed by atoms with Gasteiger partial charge in [-0.2, -0.15) is 5.10 Å². The van der Waals surface area contributed by atoms with Gasteiger partial charge in [0.25, 0.3) is 0 Å². The second-order valence-corrected chi connectivity index (χ2v) is 9.26. The summed E-state index contributed by atoms with van der Waals surface area (Å²) in [6.07, 6.45) is 2.02. The lowest BCUT2D eigenvalue weighted by molar-refractivity contribution is -0.113. The highest BCUT2D eigenvalue weighted by atomic mass is 32.2. The lowest BCUT2D eigenvalue weighted by Crippen LogP contribution is -2.19. The largest absolute Gasteiger partial charge is 0.376 e. The van der Waals surface area contributed by atoms with E-state index in [1.165, 1.54) is 23.9 Å². The number of hydrogen-bond acceptors (Lipinski definition) is 6. The van der Waals surface area contributed by atoms with Crippen molar-refractivity contribution < 1.29 is 13.9 Å². The zero-order valence-electron chi connectivity index (χ0n) is 19.2. The first-order valence-electron chi connectivity index (χ1n) is 11.4. The maximum atomic E-state index is 13.4. The van der Waals surface area contributed by atoms with Gasteiger partial charge in [-0.25, -0.2) is 9.07 Å². The summed E-state index contributed by atoms with van der Waals surface area (Å²) in [7, 11) is 0. The topological polar surface area (TPSA) is 86.9 Å². The normalized spacial score (nSPS) is 15.4. The molecule has 10 heteroatoms. The minimum Gasteiger partial charge on any atom is -0.376 e. The number of para-hydroxylation sites is 1. The molecule has 1 aliphatic rings. The number of thioether (sulfide) groups is 1. The number of aromatic nitrogens is 5. The van der Waals surface area contributed by atoms with Crippen molar-refractivity contribution in [1.82, 2.24) is 24.5 Å². The third kappa shape index (κ3) is 5.44. The van der Waals surface area contributed by atoms with E-state index in [-0.39, 0.29) is 23.6 Å². The fourth-order valence-corrected chi connectivity index (χ4v) is 4.78. The summed E-state index contributed by atoms with van der Waals surface area (Å²) >= 11 is 1.30. The van der Waals surface area contributed by atoms with Gasteiger partial charge in [0.05, 0.1) is 29.8 Å². The Balaban J connectivity index is 1.32. The van der Waals surface area contributed by atoms with Gasteiger partial charge in [-0.05, 0) is 56.2 Å². The van der Waals surface area contributed by atoms with Gasteiger partial charge in [0.2, 0.25) is 5.91 Å². The fourth-order valence-electron chi connectivity index (χ4n) is 4.03. The van der Waals surface area contributed by atoms with Crippen molar-refractivity contribution in [3.8, 4) is 17.1 Å². The average molecular weight is 493 g/mol. The average Bonchev–Trinajstić information content (AvgIpc) is 3.60. The standard InChI is InChI=1S/C25H25FN6O2S/c1-17-14-22(32(30-17)20-6-3-2-4-7-20)27-23(33)16-35-25-29-28-24(18-9-11-19(26)12-10-18)31(25)15-21-8-5-13-34-21/h2-4,6-7,9-12,14,21H,5,8,13,15-16H2,1H3,(H,27,33)/t21-/m1/s1. The summed E-state index contributed by atoms with van der Waals surface area (Å²) in [5, 5.41) is 16.7. The predicted octanol–water partition coefficient (Wildman–Crippen LogP) is 4.49. The first-order chi connectivity index (χ1) is 17.1. The molecule has 1 amide bonds. The molecule has 3 heterocycles. The second-order valence-electron chi connectivity index (χ2n) is 8.31. The number of carbonyl (C=O) groups is 1. The third-order valence-electron chi connectivity index (χ3n) is 5.66. The zero-order valence-corrected chi connectivity index (χ0v) is 20.0. The Morgan fingerprint density at radius 3 is 2.71 bits per heavy atom. The summed E-state index contributed by atoms with van der Waals surface area (Å²) in [4.78, 5) is 12.9. The van der Waals surface area contributed by atoms with E-state index in [2.05, 4.69) is 20.6 Å². The van der Waals surface area contributed by atoms with E-state index in [0.29, 0.717) is 23.3 Å². The van der Waals surface area contributed by atoms with Crippen LogP contribution in [0.1, 0.15) is 18.5 Å². The first kappa shape index (κ1) is 23.3. The predicted molar refractivity (Wildman–Crippen MR) is 132 cm³/mol. The van der Waals surface area contributed by atoms with Crippen molar-refractivity contribution in [3.05, 3.63) is 72.2 Å². The molecule has 0 unspecified atom stereocenters. The van der Waals surface area contributed by atoms with Crippen LogP contribution in [0.25, 0.3) is 17.1 Å². The van der Waals surface area contributed by atoms with Crippen LogP contribution in [-0.2, 0) is 16.1 Å². The smallest absolute Gasteiger partial charge is 0.236 e. The number of rotatable bonds is 8. The Labute approximate surface area is 206 Å². The maximum absolute atomic E-state index is 13.4. The van der Waals surface area contributed by atoms with Crippen LogP contribution in [0.3, 0.4) is 0 Å². The van der Waals surface area contributed by atoms with Gasteiger partial charge in [0, 0.05) is 18.2 Å². The molecule has 1 aliphatic heterocycles. The van der Waals surface area contributed by atoms with Crippen molar-refractivity contribution >= 4 is 23.5 Å². The van der Waals surface area contributed by atoms with Crippen molar-refractivity contribution in [2.24, 2.45) is 0 Å². The number of anilines is 1. The van der Waals surface area contributed by atoms with E-state index in [4.69, 9.17) is 4.74 Å². The van der Waals surface area contributed by atoms with Crippen LogP contribution >= 0.6 is 11.8 Å². The van der Waals surface area contributed by atoms with Crippen LogP contribution < -0.4 is 5.32 Å². The summed E-state index contributed by atoms with van der Waals surface area (Å²) in [6.45, 7) is 3.19. The molecule has 4 aromatic rings. The molecule has 0 bridgehead atoms. The van der Waals surface area contributed by atoms with Gasteiger partial charge >= 0.3 is 0 Å². The number of nitrogens with zero attached hydrogens (tertiary/aromatic N) is 5. The number of halogens is 1. The quantitative estimate of drug-likeness (QED) is 0.365. The Morgan fingerprint density at radius 1 is 1.17 bits per heavy atom. The molecule has 8 nitrogen and oxygen atoms in total. The molecule has 1 N–H and O–H groups in total. The summed E-state index contributed by atoms with van der Waals surface area (Å²) < 4.78 is 22.9. The lowest BCUT2D eigenvalue weighted by Gasteiger charge is -2.15. The third-order valence-corrected chi connectivity index (χ3v) is 6.63. The van der Waals surface area contributed by atoms with Crippen LogP contribution in [0.2, 0.25) is 0 Å². The number of carbonyl (C=O) groups excluding carboxylic acids is 1. The Kier molecular flexibility index (Phi) is 6.91. The van der Waals surface area contributed by atoms with Gasteiger partial charge < -0.3 is 10.1 Å². The van der Waals surface area contributed by atoms with Crippen molar-refractivity contribution in [1.29, 1.82) is 0 Å². The highest BCUT2D eigenvalue weighted by Gasteiger charge is 2.22. The highest BCUT2D eigenvalue weighted by molar-refractivity contribution is 7.99. The molecule has 1 atom stereocenters. The molecule has 0 aliphatic carbocycles. The van der Waals surface area contributed by atoms with E-state index in [1.807, 2.05) is 47.9 Å². The first-order valence-corrected chi connectivity index (χ1v) is 12.4. The number of benzene rings is 2. The van der Waals surface area contributed by atoms with Crippen LogP contribution in [0.15, 0.2) is 65.8 Å². The van der Waals surface area contributed by atoms with Crippen molar-refractivity contribution in [3.63, 3.8) is 0 Å². The Hall–Kier alpha value is -3.50. The molecule has 35 heavy (non-hydrogen) atoms. The molecular weight excluding hydrogens is 467 g/mol. The van der Waals surface area contributed by atoms with Gasteiger partial charge in [0.1, 0.15) is 11.6 Å². The molecule has 2 aromatic carbocycles. The van der Waals surface area contributed by atoms with E-state index in [1.54, 1.807) is 16.8 Å². The van der Waals surface area contributed by atoms with Gasteiger partial charge in [-0.15, -0.1) is 10.2 Å². The molecule has 1 saturated heterocycles. The number of hydrogen-bond donors (Lipinski definition) is 1. The molecule has 180 valence electrons. The van der Waals surface area contributed by atoms with Gasteiger partial charge in [0.15, 0.2) is 11.0 Å². The number of ether oxygens (including phenoxy) is 1. The van der Waals surface area contributed by atoms with E-state index < -0.39 is 0 Å².